The maximum absolute atomic E-state index is 5.15. The predicted octanol–water partition coefficient (Wildman–Crippen LogP) is 14.3. The van der Waals surface area contributed by atoms with Gasteiger partial charge in [-0.3, -0.25) is 0 Å². The first kappa shape index (κ1) is 35.0. The second kappa shape index (κ2) is 14.0. The maximum Gasteiger partial charge on any atom is 0.164 e. The molecule has 0 radical (unpaired) electrons. The van der Waals surface area contributed by atoms with Crippen molar-refractivity contribution in [2.75, 3.05) is 0 Å². The minimum absolute atomic E-state index is 0.0147. The summed E-state index contributed by atoms with van der Waals surface area (Å²) in [6, 6.07) is 62.9. The Morgan fingerprint density at radius 3 is 1.27 bits per heavy atom. The lowest BCUT2D eigenvalue weighted by atomic mass is 9.73. The molecule has 8 aromatic carbocycles. The molecule has 59 heavy (non-hydrogen) atoms. The van der Waals surface area contributed by atoms with Crippen molar-refractivity contribution < 1.29 is 0 Å². The first-order valence-corrected chi connectivity index (χ1v) is 20.5. The minimum Gasteiger partial charge on any atom is -0.208 e. The molecular formula is C56H41N3. The first-order valence-electron chi connectivity index (χ1n) is 20.5. The zero-order valence-corrected chi connectivity index (χ0v) is 33.0. The molecule has 3 nitrogen and oxygen atoms in total. The second-order valence-corrected chi connectivity index (χ2v) is 16.4. The van der Waals surface area contributed by atoms with Crippen molar-refractivity contribution in [2.24, 2.45) is 5.92 Å². The third-order valence-electron chi connectivity index (χ3n) is 12.6. The fourth-order valence-corrected chi connectivity index (χ4v) is 9.68. The molecule has 11 rings (SSSR count). The van der Waals surface area contributed by atoms with Gasteiger partial charge in [0.2, 0.25) is 0 Å². The molecule has 0 aliphatic heterocycles. The monoisotopic (exact) mass is 755 g/mol. The zero-order valence-electron chi connectivity index (χ0n) is 33.0. The lowest BCUT2D eigenvalue weighted by Gasteiger charge is -2.30. The summed E-state index contributed by atoms with van der Waals surface area (Å²) in [6.07, 6.45) is 9.17. The van der Waals surface area contributed by atoms with Crippen molar-refractivity contribution in [3.8, 4) is 67.5 Å². The van der Waals surface area contributed by atoms with Gasteiger partial charge in [-0.25, -0.2) is 15.0 Å². The standard InChI is InChI=1S/C56H41N3/c1-56(2)51-23-8-7-18-49(51)50-22-11-21-48(52(50)56)40-28-34-43(35-29-40)55-58-53(41-30-24-38(25-31-41)46-19-9-14-36-12-3-5-16-44(36)46)57-54(59-55)42-32-26-39(27-33-42)47-20-10-15-37-13-4-6-17-45(37)47/h3-35,49,51H,1-2H3. The van der Waals surface area contributed by atoms with Crippen molar-refractivity contribution in [2.45, 2.75) is 25.2 Å². The quantitative estimate of drug-likeness (QED) is 0.170. The third-order valence-corrected chi connectivity index (χ3v) is 12.6. The Morgan fingerprint density at radius 2 is 0.763 bits per heavy atom. The molecule has 0 spiro atoms. The molecule has 2 aliphatic rings. The van der Waals surface area contributed by atoms with E-state index in [2.05, 4.69) is 214 Å². The summed E-state index contributed by atoms with van der Waals surface area (Å²) in [5.41, 5.74) is 12.9. The van der Waals surface area contributed by atoms with Crippen LogP contribution in [-0.2, 0) is 5.41 Å². The molecular weight excluding hydrogens is 715 g/mol. The Bertz CT molecular complexity index is 2970. The van der Waals surface area contributed by atoms with Crippen molar-refractivity contribution >= 4 is 21.5 Å². The summed E-state index contributed by atoms with van der Waals surface area (Å²) in [7, 11) is 0. The molecule has 0 saturated carbocycles. The Kier molecular flexibility index (Phi) is 8.30. The first-order chi connectivity index (χ1) is 29.0. The molecule has 0 fully saturated rings. The normalized spacial score (nSPS) is 16.3. The largest absolute Gasteiger partial charge is 0.208 e. The topological polar surface area (TPSA) is 38.7 Å². The number of benzene rings is 8. The van der Waals surface area contributed by atoms with Gasteiger partial charge in [0.25, 0.3) is 0 Å². The van der Waals surface area contributed by atoms with Gasteiger partial charge in [-0.15, -0.1) is 0 Å². The lowest BCUT2D eigenvalue weighted by molar-refractivity contribution is 0.395. The van der Waals surface area contributed by atoms with Gasteiger partial charge < -0.3 is 0 Å². The molecule has 280 valence electrons. The number of allylic oxidation sites excluding steroid dienone is 4. The second-order valence-electron chi connectivity index (χ2n) is 16.4. The van der Waals surface area contributed by atoms with E-state index in [1.165, 1.54) is 54.9 Å². The summed E-state index contributed by atoms with van der Waals surface area (Å²) in [5.74, 6) is 2.79. The summed E-state index contributed by atoms with van der Waals surface area (Å²) in [6.45, 7) is 4.80. The number of rotatable bonds is 6. The van der Waals surface area contributed by atoms with Gasteiger partial charge in [-0.1, -0.05) is 214 Å². The van der Waals surface area contributed by atoms with Crippen molar-refractivity contribution in [1.29, 1.82) is 0 Å². The third kappa shape index (κ3) is 6.01. The molecule has 1 heterocycles. The Morgan fingerprint density at radius 1 is 0.373 bits per heavy atom. The fourth-order valence-electron chi connectivity index (χ4n) is 9.68. The highest BCUT2D eigenvalue weighted by atomic mass is 15.0. The SMILES string of the molecule is CC1(C)c2c(-c3ccc(-c4nc(-c5ccc(-c6cccc7ccccc67)cc5)nc(-c5ccc(-c6cccc7ccccc67)cc5)n4)cc3)cccc2C2C=CC=CC21. The summed E-state index contributed by atoms with van der Waals surface area (Å²) in [5, 5.41) is 4.93. The molecule has 2 atom stereocenters. The van der Waals surface area contributed by atoms with Gasteiger partial charge in [-0.2, -0.15) is 0 Å². The molecule has 0 N–H and O–H groups in total. The van der Waals surface area contributed by atoms with Crippen molar-refractivity contribution in [1.82, 2.24) is 15.0 Å². The summed E-state index contributed by atoms with van der Waals surface area (Å²) < 4.78 is 0. The van der Waals surface area contributed by atoms with Crippen LogP contribution in [0.4, 0.5) is 0 Å². The van der Waals surface area contributed by atoms with Crippen molar-refractivity contribution in [3.05, 3.63) is 211 Å². The molecule has 3 heteroatoms. The van der Waals surface area contributed by atoms with E-state index < -0.39 is 0 Å². The van der Waals surface area contributed by atoms with Gasteiger partial charge in [-0.05, 0) is 77.4 Å². The Hall–Kier alpha value is -7.23. The molecule has 1 aromatic heterocycles. The highest BCUT2D eigenvalue weighted by Gasteiger charge is 2.45. The number of fused-ring (bicyclic) bond motifs is 5. The molecule has 2 aliphatic carbocycles. The van der Waals surface area contributed by atoms with E-state index in [0.29, 0.717) is 29.3 Å². The van der Waals surface area contributed by atoms with Gasteiger partial charge in [0.15, 0.2) is 17.5 Å². The van der Waals surface area contributed by atoms with Crippen LogP contribution in [0, 0.1) is 5.92 Å². The van der Waals surface area contributed by atoms with Crippen LogP contribution in [0.3, 0.4) is 0 Å². The van der Waals surface area contributed by atoms with Crippen LogP contribution in [0.1, 0.15) is 30.9 Å². The zero-order chi connectivity index (χ0) is 39.5. The summed E-state index contributed by atoms with van der Waals surface area (Å²) in [4.78, 5) is 15.4. The summed E-state index contributed by atoms with van der Waals surface area (Å²) >= 11 is 0. The van der Waals surface area contributed by atoms with Crippen LogP contribution in [0.2, 0.25) is 0 Å². The van der Waals surface area contributed by atoms with Gasteiger partial charge in [0, 0.05) is 22.6 Å². The highest BCUT2D eigenvalue weighted by Crippen LogP contribution is 2.55. The van der Waals surface area contributed by atoms with Crippen LogP contribution in [-0.4, -0.2) is 15.0 Å². The van der Waals surface area contributed by atoms with E-state index >= 15 is 0 Å². The number of hydrogen-bond acceptors (Lipinski definition) is 3. The van der Waals surface area contributed by atoms with E-state index in [1.807, 2.05) is 0 Å². The number of aromatic nitrogens is 3. The van der Waals surface area contributed by atoms with E-state index in [0.717, 1.165) is 27.8 Å². The molecule has 9 aromatic rings. The Labute approximate surface area is 345 Å². The average molecular weight is 756 g/mol. The van der Waals surface area contributed by atoms with Crippen LogP contribution >= 0.6 is 0 Å². The fraction of sp³-hybridized carbons (Fsp3) is 0.0893. The minimum atomic E-state index is 0.0147. The van der Waals surface area contributed by atoms with Crippen LogP contribution in [0.15, 0.2) is 200 Å². The number of hydrogen-bond donors (Lipinski definition) is 0. The molecule has 0 bridgehead atoms. The van der Waals surface area contributed by atoms with Crippen LogP contribution < -0.4 is 0 Å². The Balaban J connectivity index is 0.990. The molecule has 0 saturated heterocycles. The van der Waals surface area contributed by atoms with Gasteiger partial charge in [0.1, 0.15) is 0 Å². The van der Waals surface area contributed by atoms with E-state index in [4.69, 9.17) is 15.0 Å². The van der Waals surface area contributed by atoms with Crippen molar-refractivity contribution in [3.63, 3.8) is 0 Å². The smallest absolute Gasteiger partial charge is 0.164 e. The van der Waals surface area contributed by atoms with E-state index in [1.54, 1.807) is 0 Å². The average Bonchev–Trinajstić information content (AvgIpc) is 3.54. The van der Waals surface area contributed by atoms with Crippen LogP contribution in [0.5, 0.6) is 0 Å². The van der Waals surface area contributed by atoms with Crippen LogP contribution in [0.25, 0.3) is 89.1 Å². The molecule has 0 amide bonds. The van der Waals surface area contributed by atoms with Gasteiger partial charge in [0.05, 0.1) is 0 Å². The highest BCUT2D eigenvalue weighted by molar-refractivity contribution is 5.98. The van der Waals surface area contributed by atoms with E-state index in [-0.39, 0.29) is 5.41 Å². The predicted molar refractivity (Wildman–Crippen MR) is 245 cm³/mol. The van der Waals surface area contributed by atoms with E-state index in [9.17, 15) is 0 Å². The lowest BCUT2D eigenvalue weighted by Crippen LogP contribution is -2.25. The number of nitrogens with zero attached hydrogens (tertiary/aromatic N) is 3. The van der Waals surface area contributed by atoms with Gasteiger partial charge >= 0.3 is 0 Å². The maximum atomic E-state index is 5.15. The molecule has 2 unspecified atom stereocenters.